The summed E-state index contributed by atoms with van der Waals surface area (Å²) in [5, 5.41) is 3.28. The number of aromatic amines is 2. The Kier molecular flexibility index (Phi) is 5.17. The van der Waals surface area contributed by atoms with Gasteiger partial charge in [-0.25, -0.2) is 0 Å². The second-order valence-corrected chi connectivity index (χ2v) is 8.96. The van der Waals surface area contributed by atoms with Crippen LogP contribution in [0.4, 0.5) is 5.82 Å². The van der Waals surface area contributed by atoms with Crippen molar-refractivity contribution in [1.82, 2.24) is 9.97 Å². The summed E-state index contributed by atoms with van der Waals surface area (Å²) in [4.78, 5) is 32.0. The largest absolute Gasteiger partial charge is 0.493 e. The number of H-pyrrole nitrogens is 2. The highest BCUT2D eigenvalue weighted by atomic mass is 32.1. The number of allylic oxidation sites excluding steroid dienone is 2. The van der Waals surface area contributed by atoms with Crippen LogP contribution in [-0.2, 0) is 4.79 Å². The van der Waals surface area contributed by atoms with Gasteiger partial charge in [0.15, 0.2) is 22.1 Å². The van der Waals surface area contributed by atoms with E-state index in [9.17, 15) is 9.59 Å². The predicted octanol–water partition coefficient (Wildman–Crippen LogP) is 3.66. The molecule has 1 aliphatic carbocycles. The van der Waals surface area contributed by atoms with Gasteiger partial charge in [-0.3, -0.25) is 14.6 Å². The zero-order valence-corrected chi connectivity index (χ0v) is 18.9. The van der Waals surface area contributed by atoms with E-state index in [1.165, 1.54) is 21.3 Å². The smallest absolute Gasteiger partial charge is 0.257 e. The highest BCUT2D eigenvalue weighted by molar-refractivity contribution is 7.71. The van der Waals surface area contributed by atoms with E-state index in [-0.39, 0.29) is 21.5 Å². The van der Waals surface area contributed by atoms with E-state index in [4.69, 9.17) is 26.4 Å². The maximum Gasteiger partial charge on any atom is 0.257 e. The van der Waals surface area contributed by atoms with Crippen molar-refractivity contribution >= 4 is 23.8 Å². The van der Waals surface area contributed by atoms with Gasteiger partial charge in [-0.15, -0.1) is 0 Å². The van der Waals surface area contributed by atoms with E-state index in [2.05, 4.69) is 29.1 Å². The molecule has 3 N–H and O–H groups in total. The summed E-state index contributed by atoms with van der Waals surface area (Å²) >= 11 is 5.18. The molecular weight excluding hydrogens is 418 g/mol. The van der Waals surface area contributed by atoms with E-state index in [0.29, 0.717) is 52.6 Å². The Morgan fingerprint density at radius 2 is 1.65 bits per heavy atom. The summed E-state index contributed by atoms with van der Waals surface area (Å²) < 4.78 is 16.7. The van der Waals surface area contributed by atoms with Crippen LogP contribution in [0.2, 0.25) is 0 Å². The molecular formula is C22H25N3O5S. The third kappa shape index (κ3) is 3.52. The number of ether oxygens (including phenoxy) is 3. The van der Waals surface area contributed by atoms with Gasteiger partial charge in [0.25, 0.3) is 5.56 Å². The molecule has 1 aromatic carbocycles. The third-order valence-corrected chi connectivity index (χ3v) is 5.98. The molecule has 0 saturated carbocycles. The van der Waals surface area contributed by atoms with Crippen molar-refractivity contribution < 1.29 is 19.0 Å². The number of Topliss-reactive ketones (excluding diaryl/α,β-unsaturated/α-hetero) is 1. The summed E-state index contributed by atoms with van der Waals surface area (Å²) in [7, 11) is 4.58. The van der Waals surface area contributed by atoms with Crippen molar-refractivity contribution in [3.05, 3.63) is 49.7 Å². The molecule has 9 heteroatoms. The Labute approximate surface area is 184 Å². The zero-order chi connectivity index (χ0) is 22.5. The van der Waals surface area contributed by atoms with Crippen LogP contribution in [0.3, 0.4) is 0 Å². The van der Waals surface area contributed by atoms with Gasteiger partial charge >= 0.3 is 0 Å². The number of nitrogens with one attached hydrogen (secondary N) is 3. The second-order valence-electron chi connectivity index (χ2n) is 8.55. The number of ketones is 1. The normalized spacial score (nSPS) is 19.3. The number of benzene rings is 1. The Morgan fingerprint density at radius 3 is 2.23 bits per heavy atom. The lowest BCUT2D eigenvalue weighted by molar-refractivity contribution is -0.118. The van der Waals surface area contributed by atoms with Crippen LogP contribution in [0.1, 0.15) is 43.7 Å². The molecule has 31 heavy (non-hydrogen) atoms. The van der Waals surface area contributed by atoms with Crippen LogP contribution in [0.5, 0.6) is 17.2 Å². The summed E-state index contributed by atoms with van der Waals surface area (Å²) in [5.41, 5.74) is 1.91. The lowest BCUT2D eigenvalue weighted by Crippen LogP contribution is -2.36. The highest BCUT2D eigenvalue weighted by Crippen LogP contribution is 2.50. The van der Waals surface area contributed by atoms with E-state index in [1.807, 2.05) is 0 Å². The fourth-order valence-corrected chi connectivity index (χ4v) is 4.74. The van der Waals surface area contributed by atoms with Crippen LogP contribution in [0.25, 0.3) is 0 Å². The molecule has 0 bridgehead atoms. The fraction of sp³-hybridized carbons (Fsp3) is 0.409. The van der Waals surface area contributed by atoms with Gasteiger partial charge in [-0.2, -0.15) is 0 Å². The van der Waals surface area contributed by atoms with Crippen molar-refractivity contribution in [3.63, 3.8) is 0 Å². The van der Waals surface area contributed by atoms with Gasteiger partial charge in [0.1, 0.15) is 5.82 Å². The Bertz CT molecular complexity index is 1200. The highest BCUT2D eigenvalue weighted by Gasteiger charge is 2.42. The molecule has 0 saturated heterocycles. The SMILES string of the molecule is COc1cc([C@H]2C3=C(CC(C)(C)CC3=O)Nc3[nH]c(=S)[nH]c(=O)c32)cc(OC)c1OC. The van der Waals surface area contributed by atoms with E-state index < -0.39 is 5.92 Å². The number of hydrogen-bond acceptors (Lipinski definition) is 7. The van der Waals surface area contributed by atoms with Crippen LogP contribution in [-0.4, -0.2) is 37.1 Å². The minimum Gasteiger partial charge on any atom is -0.493 e. The third-order valence-electron chi connectivity index (χ3n) is 5.77. The average molecular weight is 444 g/mol. The molecule has 1 aliphatic heterocycles. The molecule has 1 atom stereocenters. The first kappa shape index (κ1) is 21.2. The number of aromatic nitrogens is 2. The van der Waals surface area contributed by atoms with E-state index >= 15 is 0 Å². The van der Waals surface area contributed by atoms with Gasteiger partial charge < -0.3 is 24.5 Å². The zero-order valence-electron chi connectivity index (χ0n) is 18.1. The molecule has 1 aromatic heterocycles. The minimum atomic E-state index is -0.612. The van der Waals surface area contributed by atoms with Crippen LogP contribution in [0.15, 0.2) is 28.2 Å². The number of anilines is 1. The summed E-state index contributed by atoms with van der Waals surface area (Å²) in [6.45, 7) is 4.11. The number of hydrogen-bond donors (Lipinski definition) is 3. The molecule has 2 aliphatic rings. The standard InChI is InChI=1S/C22H25N3O5S/c1-22(2)8-11-16(12(26)9-22)15(17-19(23-11)24-21(31)25-20(17)27)10-6-13(28-3)18(30-5)14(7-10)29-4/h6-7,15H,8-9H2,1-5H3,(H3,23,24,25,27,31)/t15-/m0/s1. The first-order valence-corrected chi connectivity index (χ1v) is 10.3. The average Bonchev–Trinajstić information content (AvgIpc) is 2.69. The van der Waals surface area contributed by atoms with E-state index in [0.717, 1.165) is 5.70 Å². The number of methoxy groups -OCH3 is 3. The van der Waals surface area contributed by atoms with Gasteiger partial charge in [-0.1, -0.05) is 13.8 Å². The number of carbonyl (C=O) groups is 1. The molecule has 0 unspecified atom stereocenters. The molecule has 2 aromatic rings. The summed E-state index contributed by atoms with van der Waals surface area (Å²) in [6, 6.07) is 3.56. The van der Waals surface area contributed by atoms with Crippen molar-refractivity contribution in [3.8, 4) is 17.2 Å². The monoisotopic (exact) mass is 443 g/mol. The summed E-state index contributed by atoms with van der Waals surface area (Å²) in [5.74, 6) is 1.22. The van der Waals surface area contributed by atoms with Gasteiger partial charge in [0, 0.05) is 23.6 Å². The number of carbonyl (C=O) groups excluding carboxylic acids is 1. The first-order chi connectivity index (χ1) is 14.7. The molecule has 2 heterocycles. The van der Waals surface area contributed by atoms with Gasteiger partial charge in [0.2, 0.25) is 5.75 Å². The van der Waals surface area contributed by atoms with Crippen molar-refractivity contribution in [2.75, 3.05) is 26.6 Å². The molecule has 8 nitrogen and oxygen atoms in total. The lowest BCUT2D eigenvalue weighted by Gasteiger charge is -2.38. The Hall–Kier alpha value is -3.07. The molecule has 164 valence electrons. The molecule has 0 radical (unpaired) electrons. The maximum atomic E-state index is 13.3. The van der Waals surface area contributed by atoms with Crippen LogP contribution < -0.4 is 25.1 Å². The molecule has 4 rings (SSSR count). The summed E-state index contributed by atoms with van der Waals surface area (Å²) in [6.07, 6.45) is 1.06. The Morgan fingerprint density at radius 1 is 1.00 bits per heavy atom. The van der Waals surface area contributed by atoms with E-state index in [1.54, 1.807) is 12.1 Å². The first-order valence-electron chi connectivity index (χ1n) is 9.88. The lowest BCUT2D eigenvalue weighted by atomic mass is 9.69. The van der Waals surface area contributed by atoms with Crippen molar-refractivity contribution in [2.45, 2.75) is 32.6 Å². The fourth-order valence-electron chi connectivity index (χ4n) is 4.55. The topological polar surface area (TPSA) is 105 Å². The van der Waals surface area contributed by atoms with Crippen molar-refractivity contribution in [1.29, 1.82) is 0 Å². The predicted molar refractivity (Wildman–Crippen MR) is 119 cm³/mol. The minimum absolute atomic E-state index is 0.00463. The number of rotatable bonds is 4. The quantitative estimate of drug-likeness (QED) is 0.619. The Balaban J connectivity index is 2.04. The second kappa shape index (κ2) is 7.56. The van der Waals surface area contributed by atoms with Crippen molar-refractivity contribution in [2.24, 2.45) is 5.41 Å². The molecule has 0 spiro atoms. The van der Waals surface area contributed by atoms with Crippen LogP contribution in [0, 0.1) is 10.2 Å². The maximum absolute atomic E-state index is 13.3. The van der Waals surface area contributed by atoms with Crippen LogP contribution >= 0.6 is 12.2 Å². The number of fused-ring (bicyclic) bond motifs is 1. The molecule has 0 amide bonds. The van der Waals surface area contributed by atoms with Gasteiger partial charge in [0.05, 0.1) is 26.9 Å². The van der Waals surface area contributed by atoms with Gasteiger partial charge in [-0.05, 0) is 41.7 Å². The molecule has 0 fully saturated rings.